The van der Waals surface area contributed by atoms with Crippen molar-refractivity contribution in [1.82, 2.24) is 13.7 Å². The van der Waals surface area contributed by atoms with Gasteiger partial charge in [-0.05, 0) is 63.2 Å². The fourth-order valence-electron chi connectivity index (χ4n) is 10.4. The molecule has 0 amide bonds. The van der Waals surface area contributed by atoms with Crippen LogP contribution in [-0.2, 0) is 24.9 Å². The van der Waals surface area contributed by atoms with E-state index in [-0.39, 0.29) is 17.5 Å². The summed E-state index contributed by atoms with van der Waals surface area (Å²) in [4.78, 5) is 0. The molecular weight excluding hydrogens is 709 g/mol. The Bertz CT molecular complexity index is 3330. The van der Waals surface area contributed by atoms with Gasteiger partial charge in [-0.15, -0.1) is 0 Å². The quantitative estimate of drug-likeness (QED) is 0.156. The number of hydrogen-bond acceptors (Lipinski definition) is 2. The van der Waals surface area contributed by atoms with Crippen LogP contribution < -0.4 is 25.9 Å². The van der Waals surface area contributed by atoms with Gasteiger partial charge in [0.05, 0.1) is 27.8 Å². The number of para-hydroxylation sites is 3. The number of aromatic nitrogens is 3. The van der Waals surface area contributed by atoms with Crippen LogP contribution in [0.25, 0.3) is 71.1 Å². The largest absolute Gasteiger partial charge is 0.458 e. The average Bonchev–Trinajstić information content (AvgIpc) is 3.81. The van der Waals surface area contributed by atoms with Crippen LogP contribution in [0.5, 0.6) is 23.0 Å². The van der Waals surface area contributed by atoms with Crippen LogP contribution in [0.1, 0.15) is 52.7 Å². The molecule has 2 aliphatic heterocycles. The van der Waals surface area contributed by atoms with E-state index in [4.69, 9.17) is 9.47 Å². The number of rotatable bonds is 1. The molecule has 0 radical (unpaired) electrons. The van der Waals surface area contributed by atoms with Crippen molar-refractivity contribution in [3.05, 3.63) is 132 Å². The van der Waals surface area contributed by atoms with Crippen molar-refractivity contribution in [3.8, 4) is 28.7 Å². The molecule has 5 nitrogen and oxygen atoms in total. The zero-order valence-electron chi connectivity index (χ0n) is 34.3. The van der Waals surface area contributed by atoms with Crippen molar-refractivity contribution >= 4 is 88.5 Å². The van der Waals surface area contributed by atoms with Gasteiger partial charge in [-0.1, -0.05) is 120 Å². The predicted molar refractivity (Wildman–Crippen MR) is 244 cm³/mol. The summed E-state index contributed by atoms with van der Waals surface area (Å²) >= 11 is 0. The lowest BCUT2D eigenvalue weighted by Crippen LogP contribution is -2.57. The van der Waals surface area contributed by atoms with Crippen LogP contribution in [0.15, 0.2) is 121 Å². The summed E-state index contributed by atoms with van der Waals surface area (Å²) in [7, 11) is 4.45. The lowest BCUT2D eigenvalue weighted by Gasteiger charge is -2.35. The van der Waals surface area contributed by atoms with Gasteiger partial charge >= 0.3 is 0 Å². The Hall–Kier alpha value is -6.40. The Morgan fingerprint density at radius 1 is 0.448 bits per heavy atom. The van der Waals surface area contributed by atoms with Crippen LogP contribution in [0, 0.1) is 0 Å². The Balaban J connectivity index is 1.22. The number of fused-ring (bicyclic) bond motifs is 16. The number of aryl methyl sites for hydroxylation is 2. The second-order valence-corrected chi connectivity index (χ2v) is 18.7. The Morgan fingerprint density at radius 3 is 1.33 bits per heavy atom. The highest BCUT2D eigenvalue weighted by atomic mass is 16.5. The fraction of sp³-hybridized carbons (Fsp3) is 0.192. The van der Waals surface area contributed by atoms with Gasteiger partial charge in [0.25, 0.3) is 6.71 Å². The van der Waals surface area contributed by atoms with Crippen molar-refractivity contribution in [2.45, 2.75) is 52.4 Å². The molecule has 7 aromatic carbocycles. The molecule has 0 saturated carbocycles. The first-order valence-electron chi connectivity index (χ1n) is 20.5. The van der Waals surface area contributed by atoms with Crippen molar-refractivity contribution in [3.63, 3.8) is 0 Å². The van der Waals surface area contributed by atoms with Gasteiger partial charge in [0.15, 0.2) is 0 Å². The molecule has 10 aromatic rings. The summed E-state index contributed by atoms with van der Waals surface area (Å²) in [5.41, 5.74) is 14.3. The molecule has 0 bridgehead atoms. The van der Waals surface area contributed by atoms with Crippen molar-refractivity contribution in [2.75, 3.05) is 0 Å². The minimum Gasteiger partial charge on any atom is -0.458 e. The van der Waals surface area contributed by atoms with Gasteiger partial charge in [0.2, 0.25) is 0 Å². The van der Waals surface area contributed by atoms with Gasteiger partial charge in [-0.25, -0.2) is 0 Å². The molecule has 2 aliphatic rings. The van der Waals surface area contributed by atoms with Crippen LogP contribution in [0.3, 0.4) is 0 Å². The number of ether oxygens (including phenoxy) is 2. The minimum atomic E-state index is -0.0329. The zero-order valence-corrected chi connectivity index (χ0v) is 34.3. The summed E-state index contributed by atoms with van der Waals surface area (Å²) in [5, 5.41) is 7.51. The third-order valence-electron chi connectivity index (χ3n) is 13.2. The zero-order chi connectivity index (χ0) is 39.6. The third kappa shape index (κ3) is 4.33. The van der Waals surface area contributed by atoms with E-state index in [1.807, 2.05) is 0 Å². The minimum absolute atomic E-state index is 0.0116. The normalized spacial score (nSPS) is 13.8. The Labute approximate surface area is 338 Å². The highest BCUT2D eigenvalue weighted by Gasteiger charge is 2.42. The first-order valence-corrected chi connectivity index (χ1v) is 20.5. The van der Waals surface area contributed by atoms with Gasteiger partial charge in [0.1, 0.15) is 23.0 Å². The first-order chi connectivity index (χ1) is 27.9. The molecule has 6 heteroatoms. The number of benzene rings is 7. The second kappa shape index (κ2) is 11.2. The van der Waals surface area contributed by atoms with Crippen LogP contribution in [-0.4, -0.2) is 20.4 Å². The van der Waals surface area contributed by atoms with Gasteiger partial charge in [0, 0.05) is 75.0 Å². The summed E-state index contributed by atoms with van der Waals surface area (Å²) in [6, 6.07) is 44.7. The molecule has 0 N–H and O–H groups in total. The molecule has 5 heterocycles. The lowest BCUT2D eigenvalue weighted by atomic mass is 9.34. The van der Waals surface area contributed by atoms with E-state index in [0.29, 0.717) is 0 Å². The summed E-state index contributed by atoms with van der Waals surface area (Å²) in [6.07, 6.45) is 0. The summed E-state index contributed by atoms with van der Waals surface area (Å²) in [6.45, 7) is 13.7. The van der Waals surface area contributed by atoms with Crippen molar-refractivity contribution in [1.29, 1.82) is 0 Å². The van der Waals surface area contributed by atoms with Crippen molar-refractivity contribution < 1.29 is 9.47 Å². The first kappa shape index (κ1) is 33.7. The fourth-order valence-corrected chi connectivity index (χ4v) is 10.4. The third-order valence-corrected chi connectivity index (χ3v) is 13.2. The van der Waals surface area contributed by atoms with Gasteiger partial charge in [-0.3, -0.25) is 0 Å². The SMILES string of the molecule is Cn1c2ccccc2c2c1c1c3ccccc3n(-c3cc4c5c(c3)Oc3ccc(C(C)(C)C)cc3B5c3cc(C(C)(C)C)ccc3O4)c1c1c3ccccc3n(C)c21. The number of nitrogens with zero attached hydrogens (tertiary/aromatic N) is 3. The van der Waals surface area contributed by atoms with Crippen LogP contribution >= 0.6 is 0 Å². The monoisotopic (exact) mass is 753 g/mol. The Morgan fingerprint density at radius 2 is 0.862 bits per heavy atom. The summed E-state index contributed by atoms with van der Waals surface area (Å²) < 4.78 is 21.4. The molecule has 3 aromatic heterocycles. The second-order valence-electron chi connectivity index (χ2n) is 18.7. The summed E-state index contributed by atoms with van der Waals surface area (Å²) in [5.74, 6) is 3.48. The molecule has 0 aliphatic carbocycles. The molecule has 0 fully saturated rings. The topological polar surface area (TPSA) is 33.2 Å². The molecule has 0 unspecified atom stereocenters. The highest BCUT2D eigenvalue weighted by molar-refractivity contribution is 6.98. The van der Waals surface area contributed by atoms with Gasteiger partial charge < -0.3 is 23.2 Å². The van der Waals surface area contributed by atoms with E-state index in [1.165, 1.54) is 82.0 Å². The molecular formula is C52H44BN3O2. The maximum Gasteiger partial charge on any atom is 0.260 e. The average molecular weight is 754 g/mol. The molecule has 12 rings (SSSR count). The van der Waals surface area contributed by atoms with Crippen molar-refractivity contribution in [2.24, 2.45) is 14.1 Å². The number of hydrogen-bond donors (Lipinski definition) is 0. The maximum absolute atomic E-state index is 7.06. The predicted octanol–water partition coefficient (Wildman–Crippen LogP) is 11.4. The van der Waals surface area contributed by atoms with Gasteiger partial charge in [-0.2, -0.15) is 0 Å². The van der Waals surface area contributed by atoms with E-state index in [0.717, 1.165) is 39.7 Å². The van der Waals surface area contributed by atoms with E-state index in [9.17, 15) is 0 Å². The Kier molecular flexibility index (Phi) is 6.49. The van der Waals surface area contributed by atoms with Crippen LogP contribution in [0.4, 0.5) is 0 Å². The molecule has 0 saturated heterocycles. The van der Waals surface area contributed by atoms with E-state index in [1.54, 1.807) is 0 Å². The smallest absolute Gasteiger partial charge is 0.260 e. The van der Waals surface area contributed by atoms with E-state index in [2.05, 4.69) is 191 Å². The van der Waals surface area contributed by atoms with Crippen LogP contribution in [0.2, 0.25) is 0 Å². The molecule has 0 atom stereocenters. The molecule has 58 heavy (non-hydrogen) atoms. The standard InChI is InChI=1S/C52H44BN3O2/c1-51(2,3)29-21-23-40-35(25-29)53-36-26-30(52(4,5)6)22-24-41(36)58-43-28-31(27-42(57-40)47(43)53)56-39-20-14-11-17-34(39)46-49-44(32-15-9-12-18-37(32)54(49)7)48-45(50(46)56)33-16-10-13-19-38(33)55(48)8/h9-28H,1-8H3. The van der Waals surface area contributed by atoms with E-state index < -0.39 is 0 Å². The maximum atomic E-state index is 7.06. The highest BCUT2D eigenvalue weighted by Crippen LogP contribution is 2.49. The molecule has 282 valence electrons. The van der Waals surface area contributed by atoms with E-state index >= 15 is 0 Å². The molecule has 0 spiro atoms. The lowest BCUT2D eigenvalue weighted by molar-refractivity contribution is 0.463.